The van der Waals surface area contributed by atoms with Gasteiger partial charge in [-0.25, -0.2) is 10.8 Å². The fraction of sp³-hybridized carbons (Fsp3) is 0.556. The summed E-state index contributed by atoms with van der Waals surface area (Å²) in [5, 5.41) is 0. The van der Waals surface area contributed by atoms with E-state index in [2.05, 4.69) is 27.2 Å². The Morgan fingerprint density at radius 3 is 2.93 bits per heavy atom. The van der Waals surface area contributed by atoms with Gasteiger partial charge in [-0.05, 0) is 6.92 Å². The summed E-state index contributed by atoms with van der Waals surface area (Å²) in [5.74, 6) is 6.62. The van der Waals surface area contributed by atoms with Gasteiger partial charge in [0.1, 0.15) is 5.82 Å². The first-order chi connectivity index (χ1) is 7.31. The molecule has 0 unspecified atom stereocenters. The number of nitrogens with two attached hydrogens (primary N) is 1. The first-order valence-corrected chi connectivity index (χ1v) is 4.84. The Kier molecular flexibility index (Phi) is 4.79. The number of ether oxygens (including phenoxy) is 1. The summed E-state index contributed by atoms with van der Waals surface area (Å²) in [6, 6.07) is 0. The Balaban J connectivity index is 2.72. The van der Waals surface area contributed by atoms with E-state index in [0.717, 1.165) is 18.9 Å². The summed E-state index contributed by atoms with van der Waals surface area (Å²) in [6.07, 6.45) is 3.29. The average Bonchev–Trinajstić information content (AvgIpc) is 2.30. The second kappa shape index (κ2) is 6.15. The lowest BCUT2D eigenvalue weighted by molar-refractivity contribution is 0.205. The summed E-state index contributed by atoms with van der Waals surface area (Å²) in [7, 11) is 1.68. The van der Waals surface area contributed by atoms with E-state index in [9.17, 15) is 0 Å². The molecule has 0 atom stereocenters. The standard InChI is InChI=1S/C9H17N5O/c1-3-14(4-5-15-2)9-7-11-6-8(12-9)13-10/h6-7H,3-5,10H2,1-2H3,(H,12,13). The highest BCUT2D eigenvalue weighted by molar-refractivity contribution is 5.42. The molecule has 0 aliphatic carbocycles. The van der Waals surface area contributed by atoms with Gasteiger partial charge in [-0.2, -0.15) is 0 Å². The van der Waals surface area contributed by atoms with Crippen LogP contribution in [0.1, 0.15) is 6.92 Å². The van der Waals surface area contributed by atoms with Crippen LogP contribution in [0, 0.1) is 0 Å². The number of hydrazine groups is 1. The van der Waals surface area contributed by atoms with Crippen LogP contribution in [0.4, 0.5) is 11.6 Å². The van der Waals surface area contributed by atoms with Crippen LogP contribution in [0.2, 0.25) is 0 Å². The molecule has 0 aromatic carbocycles. The van der Waals surface area contributed by atoms with Crippen LogP contribution in [0.3, 0.4) is 0 Å². The van der Waals surface area contributed by atoms with Crippen molar-refractivity contribution < 1.29 is 4.74 Å². The molecule has 0 radical (unpaired) electrons. The number of nitrogens with one attached hydrogen (secondary N) is 1. The van der Waals surface area contributed by atoms with E-state index < -0.39 is 0 Å². The molecule has 0 aliphatic heterocycles. The molecule has 0 amide bonds. The Bertz CT molecular complexity index is 294. The highest BCUT2D eigenvalue weighted by Gasteiger charge is 2.06. The summed E-state index contributed by atoms with van der Waals surface area (Å²) >= 11 is 0. The second-order valence-electron chi connectivity index (χ2n) is 2.98. The average molecular weight is 211 g/mol. The van der Waals surface area contributed by atoms with Crippen molar-refractivity contribution in [2.75, 3.05) is 37.1 Å². The molecule has 0 fully saturated rings. The molecule has 0 spiro atoms. The molecule has 0 saturated heterocycles. The maximum absolute atomic E-state index is 5.26. The van der Waals surface area contributed by atoms with Gasteiger partial charge < -0.3 is 15.1 Å². The molecule has 0 aliphatic rings. The Labute approximate surface area is 89.4 Å². The SMILES string of the molecule is CCN(CCOC)c1cncc(NN)n1. The number of aromatic nitrogens is 2. The van der Waals surface area contributed by atoms with Gasteiger partial charge in [-0.15, -0.1) is 0 Å². The van der Waals surface area contributed by atoms with Gasteiger partial charge in [0.25, 0.3) is 0 Å². The lowest BCUT2D eigenvalue weighted by Crippen LogP contribution is -2.28. The molecule has 0 bridgehead atoms. The number of rotatable bonds is 6. The second-order valence-corrected chi connectivity index (χ2v) is 2.98. The monoisotopic (exact) mass is 211 g/mol. The van der Waals surface area contributed by atoms with Gasteiger partial charge >= 0.3 is 0 Å². The minimum absolute atomic E-state index is 0.559. The van der Waals surface area contributed by atoms with Crippen LogP contribution in [0.5, 0.6) is 0 Å². The number of methoxy groups -OCH3 is 1. The minimum Gasteiger partial charge on any atom is -0.383 e. The highest BCUT2D eigenvalue weighted by atomic mass is 16.5. The number of anilines is 2. The number of likely N-dealkylation sites (N-methyl/N-ethyl adjacent to an activating group) is 1. The van der Waals surface area contributed by atoms with E-state index in [1.165, 1.54) is 0 Å². The van der Waals surface area contributed by atoms with Crippen molar-refractivity contribution >= 4 is 11.6 Å². The predicted octanol–water partition coefficient (Wildman–Crippen LogP) is 0.235. The summed E-state index contributed by atoms with van der Waals surface area (Å²) in [4.78, 5) is 10.4. The molecule has 1 aromatic rings. The van der Waals surface area contributed by atoms with Gasteiger partial charge in [0.05, 0.1) is 19.0 Å². The third kappa shape index (κ3) is 3.34. The van der Waals surface area contributed by atoms with Gasteiger partial charge in [0, 0.05) is 20.2 Å². The van der Waals surface area contributed by atoms with Crippen LogP contribution >= 0.6 is 0 Å². The first kappa shape index (κ1) is 11.7. The van der Waals surface area contributed by atoms with Crippen molar-refractivity contribution in [3.05, 3.63) is 12.4 Å². The van der Waals surface area contributed by atoms with Crippen molar-refractivity contribution in [2.45, 2.75) is 6.92 Å². The van der Waals surface area contributed by atoms with Crippen molar-refractivity contribution in [1.29, 1.82) is 0 Å². The Hall–Kier alpha value is -1.40. The fourth-order valence-corrected chi connectivity index (χ4v) is 1.21. The number of nitrogen functional groups attached to an aromatic ring is 1. The van der Waals surface area contributed by atoms with E-state index in [1.807, 2.05) is 0 Å². The molecule has 15 heavy (non-hydrogen) atoms. The lowest BCUT2D eigenvalue weighted by atomic mass is 10.4. The Morgan fingerprint density at radius 1 is 1.53 bits per heavy atom. The normalized spacial score (nSPS) is 10.1. The van der Waals surface area contributed by atoms with Crippen LogP contribution < -0.4 is 16.2 Å². The van der Waals surface area contributed by atoms with Crippen molar-refractivity contribution in [3.63, 3.8) is 0 Å². The number of hydrogen-bond donors (Lipinski definition) is 2. The molecule has 6 heteroatoms. The topological polar surface area (TPSA) is 76.3 Å². The zero-order valence-electron chi connectivity index (χ0n) is 9.10. The molecular weight excluding hydrogens is 194 g/mol. The van der Waals surface area contributed by atoms with E-state index in [1.54, 1.807) is 19.5 Å². The maximum atomic E-state index is 5.26. The highest BCUT2D eigenvalue weighted by Crippen LogP contribution is 2.10. The molecule has 6 nitrogen and oxygen atoms in total. The van der Waals surface area contributed by atoms with Crippen molar-refractivity contribution in [1.82, 2.24) is 9.97 Å². The predicted molar refractivity (Wildman–Crippen MR) is 59.6 cm³/mol. The molecule has 1 heterocycles. The molecule has 84 valence electrons. The maximum Gasteiger partial charge on any atom is 0.160 e. The quantitative estimate of drug-likeness (QED) is 0.518. The largest absolute Gasteiger partial charge is 0.383 e. The van der Waals surface area contributed by atoms with E-state index >= 15 is 0 Å². The van der Waals surface area contributed by atoms with Crippen LogP contribution in [-0.4, -0.2) is 36.8 Å². The third-order valence-corrected chi connectivity index (χ3v) is 2.04. The zero-order chi connectivity index (χ0) is 11.1. The van der Waals surface area contributed by atoms with Crippen LogP contribution in [0.25, 0.3) is 0 Å². The van der Waals surface area contributed by atoms with E-state index in [4.69, 9.17) is 10.6 Å². The number of nitrogens with zero attached hydrogens (tertiary/aromatic N) is 3. The van der Waals surface area contributed by atoms with Gasteiger partial charge in [-0.3, -0.25) is 4.98 Å². The molecular formula is C9H17N5O. The zero-order valence-corrected chi connectivity index (χ0v) is 9.10. The van der Waals surface area contributed by atoms with Gasteiger partial charge in [0.15, 0.2) is 5.82 Å². The van der Waals surface area contributed by atoms with E-state index in [-0.39, 0.29) is 0 Å². The minimum atomic E-state index is 0.559. The molecule has 0 saturated carbocycles. The van der Waals surface area contributed by atoms with Gasteiger partial charge in [-0.1, -0.05) is 0 Å². The third-order valence-electron chi connectivity index (χ3n) is 2.04. The molecule has 1 rings (SSSR count). The smallest absolute Gasteiger partial charge is 0.160 e. The van der Waals surface area contributed by atoms with Crippen molar-refractivity contribution in [2.24, 2.45) is 5.84 Å². The summed E-state index contributed by atoms with van der Waals surface area (Å²) in [5.41, 5.74) is 2.47. The molecule has 1 aromatic heterocycles. The van der Waals surface area contributed by atoms with Crippen LogP contribution in [0.15, 0.2) is 12.4 Å². The van der Waals surface area contributed by atoms with E-state index in [0.29, 0.717) is 12.4 Å². The summed E-state index contributed by atoms with van der Waals surface area (Å²) in [6.45, 7) is 4.36. The first-order valence-electron chi connectivity index (χ1n) is 4.84. The van der Waals surface area contributed by atoms with Crippen LogP contribution in [-0.2, 0) is 4.74 Å². The van der Waals surface area contributed by atoms with Gasteiger partial charge in [0.2, 0.25) is 0 Å². The lowest BCUT2D eigenvalue weighted by Gasteiger charge is -2.21. The fourth-order valence-electron chi connectivity index (χ4n) is 1.21. The molecule has 3 N–H and O–H groups in total. The number of hydrogen-bond acceptors (Lipinski definition) is 6. The summed E-state index contributed by atoms with van der Waals surface area (Å²) < 4.78 is 5.02. The Morgan fingerprint density at radius 2 is 2.33 bits per heavy atom. The van der Waals surface area contributed by atoms with Crippen molar-refractivity contribution in [3.8, 4) is 0 Å².